The van der Waals surface area contributed by atoms with Crippen LogP contribution in [0, 0.1) is 0 Å². The van der Waals surface area contributed by atoms with Crippen LogP contribution in [0.15, 0.2) is 54.7 Å². The average molecular weight is 628 g/mol. The number of imide groups is 1. The van der Waals surface area contributed by atoms with Crippen molar-refractivity contribution < 1.29 is 43.3 Å². The lowest BCUT2D eigenvalue weighted by molar-refractivity contribution is -0.153. The topological polar surface area (TPSA) is 193 Å². The van der Waals surface area contributed by atoms with E-state index in [1.165, 1.54) is 0 Å². The van der Waals surface area contributed by atoms with Gasteiger partial charge in [0, 0.05) is 24.7 Å². The second-order valence-corrected chi connectivity index (χ2v) is 11.0. The van der Waals surface area contributed by atoms with Crippen molar-refractivity contribution in [1.82, 2.24) is 25.8 Å². The fourth-order valence-electron chi connectivity index (χ4n) is 4.03. The highest BCUT2D eigenvalue weighted by Crippen LogP contribution is 2.10. The molecule has 2 rings (SSSR count). The Hall–Kier alpha value is -5.01. The number of carboxylic acids is 1. The molecular weight excluding hydrogens is 586 g/mol. The molecule has 0 spiro atoms. The normalized spacial score (nSPS) is 12.2. The van der Waals surface area contributed by atoms with Crippen molar-refractivity contribution in [3.05, 3.63) is 66.0 Å². The summed E-state index contributed by atoms with van der Waals surface area (Å²) in [6, 6.07) is 11.7. The number of benzene rings is 1. The Balaban J connectivity index is 2.10. The molecule has 2 atom stereocenters. The Bertz CT molecular complexity index is 1300. The van der Waals surface area contributed by atoms with Crippen LogP contribution in [0.1, 0.15) is 51.8 Å². The Morgan fingerprint density at radius 2 is 1.60 bits per heavy atom. The van der Waals surface area contributed by atoms with Gasteiger partial charge in [0.2, 0.25) is 11.8 Å². The molecule has 1 unspecified atom stereocenters. The molecule has 244 valence electrons. The third-order valence-electron chi connectivity index (χ3n) is 6.05. The van der Waals surface area contributed by atoms with Gasteiger partial charge >= 0.3 is 18.2 Å². The van der Waals surface area contributed by atoms with Gasteiger partial charge in [-0.25, -0.2) is 9.59 Å². The number of hydrogen-bond acceptors (Lipinski definition) is 9. The second-order valence-electron chi connectivity index (χ2n) is 11.0. The van der Waals surface area contributed by atoms with Crippen LogP contribution in [0.2, 0.25) is 0 Å². The van der Waals surface area contributed by atoms with Gasteiger partial charge in [-0.3, -0.25) is 29.1 Å². The van der Waals surface area contributed by atoms with E-state index in [-0.39, 0.29) is 19.4 Å². The van der Waals surface area contributed by atoms with Crippen molar-refractivity contribution in [2.75, 3.05) is 19.7 Å². The van der Waals surface area contributed by atoms with Crippen LogP contribution in [0.3, 0.4) is 0 Å². The van der Waals surface area contributed by atoms with Crippen LogP contribution in [0.5, 0.6) is 0 Å². The smallest absolute Gasteiger partial charge is 0.408 e. The van der Waals surface area contributed by atoms with E-state index >= 15 is 0 Å². The van der Waals surface area contributed by atoms with Gasteiger partial charge in [0.25, 0.3) is 5.91 Å². The first-order valence-corrected chi connectivity index (χ1v) is 14.5. The van der Waals surface area contributed by atoms with Crippen molar-refractivity contribution in [2.45, 2.75) is 71.1 Å². The molecule has 2 aromatic rings. The van der Waals surface area contributed by atoms with E-state index in [0.717, 1.165) is 0 Å². The largest absolute Gasteiger partial charge is 0.480 e. The highest BCUT2D eigenvalue weighted by Gasteiger charge is 2.33. The molecule has 0 radical (unpaired) electrons. The summed E-state index contributed by atoms with van der Waals surface area (Å²) in [7, 11) is 0. The lowest BCUT2D eigenvalue weighted by Gasteiger charge is -2.27. The van der Waals surface area contributed by atoms with Crippen LogP contribution in [-0.2, 0) is 41.5 Å². The summed E-state index contributed by atoms with van der Waals surface area (Å²) in [4.78, 5) is 80.5. The number of aliphatic carboxylic acids is 1. The molecule has 0 saturated carbocycles. The lowest BCUT2D eigenvalue weighted by Crippen LogP contribution is -2.55. The molecule has 0 saturated heterocycles. The number of carboxylic acid groups (broad SMARTS) is 1. The molecule has 4 N–H and O–H groups in total. The first-order chi connectivity index (χ1) is 21.3. The molecule has 14 nitrogen and oxygen atoms in total. The maximum Gasteiger partial charge on any atom is 0.408 e. The summed E-state index contributed by atoms with van der Waals surface area (Å²) in [6.07, 6.45) is 0.754. The highest BCUT2D eigenvalue weighted by molar-refractivity contribution is 6.02. The van der Waals surface area contributed by atoms with E-state index in [0.29, 0.717) is 29.0 Å². The van der Waals surface area contributed by atoms with Crippen LogP contribution in [0.25, 0.3) is 0 Å². The summed E-state index contributed by atoms with van der Waals surface area (Å²) >= 11 is 0. The van der Waals surface area contributed by atoms with Crippen molar-refractivity contribution in [2.24, 2.45) is 0 Å². The number of carbonyl (C=O) groups is 6. The van der Waals surface area contributed by atoms with Gasteiger partial charge < -0.3 is 30.5 Å². The average Bonchev–Trinajstić information content (AvgIpc) is 2.97. The highest BCUT2D eigenvalue weighted by atomic mass is 16.6. The van der Waals surface area contributed by atoms with E-state index in [4.69, 9.17) is 9.47 Å². The van der Waals surface area contributed by atoms with Gasteiger partial charge in [0.1, 0.15) is 24.2 Å². The van der Waals surface area contributed by atoms with Crippen LogP contribution in [0.4, 0.5) is 9.59 Å². The standard InChI is InChI=1S/C31H41N5O9/c1-5-11-23(34-30(43)45-31(2,3)4)28(41)36(20-26(38)39)25(37)19-33-27(40)24(18-21-12-7-6-8-13-21)35-29(42)44-17-15-22-14-9-10-16-32-22/h6-10,12-14,16,23-24H,5,11,15,17-20H2,1-4H3,(H,33,40)(H,34,43)(H,35,42)(H,38,39)/t23?,24-/m0/s1. The number of hydrogen-bond donors (Lipinski definition) is 4. The monoisotopic (exact) mass is 627 g/mol. The Kier molecular flexibility index (Phi) is 14.4. The Morgan fingerprint density at radius 1 is 0.933 bits per heavy atom. The van der Waals surface area contributed by atoms with Crippen LogP contribution >= 0.6 is 0 Å². The predicted octanol–water partition coefficient (Wildman–Crippen LogP) is 2.21. The SMILES string of the molecule is CCCC(NC(=O)OC(C)(C)C)C(=O)N(CC(=O)O)C(=O)CNC(=O)[C@H](Cc1ccccc1)NC(=O)OCCc1ccccn1. The molecule has 14 heteroatoms. The molecule has 0 aliphatic rings. The zero-order chi connectivity index (χ0) is 33.4. The molecule has 45 heavy (non-hydrogen) atoms. The molecule has 1 aromatic heterocycles. The van der Waals surface area contributed by atoms with Crippen molar-refractivity contribution in [1.29, 1.82) is 0 Å². The van der Waals surface area contributed by atoms with Crippen molar-refractivity contribution in [3.8, 4) is 0 Å². The van der Waals surface area contributed by atoms with Crippen molar-refractivity contribution >= 4 is 35.9 Å². The lowest BCUT2D eigenvalue weighted by atomic mass is 10.1. The van der Waals surface area contributed by atoms with Gasteiger partial charge in [0.05, 0.1) is 13.2 Å². The number of alkyl carbamates (subject to hydrolysis) is 2. The number of pyridine rings is 1. The van der Waals surface area contributed by atoms with Crippen LogP contribution < -0.4 is 16.0 Å². The molecule has 1 aromatic carbocycles. The molecule has 0 aliphatic carbocycles. The van der Waals surface area contributed by atoms with Gasteiger partial charge in [-0.15, -0.1) is 0 Å². The fraction of sp³-hybridized carbons (Fsp3) is 0.452. The number of aromatic nitrogens is 1. The first kappa shape index (κ1) is 36.2. The quantitative estimate of drug-likeness (QED) is 0.227. The number of rotatable bonds is 15. The molecular formula is C31H41N5O9. The third kappa shape index (κ3) is 13.9. The summed E-state index contributed by atoms with van der Waals surface area (Å²) in [5, 5.41) is 16.6. The summed E-state index contributed by atoms with van der Waals surface area (Å²) in [5.41, 5.74) is 0.557. The van der Waals surface area contributed by atoms with E-state index in [2.05, 4.69) is 20.9 Å². The number of nitrogens with zero attached hydrogens (tertiary/aromatic N) is 2. The molecule has 0 aliphatic heterocycles. The molecule has 5 amide bonds. The fourth-order valence-corrected chi connectivity index (χ4v) is 4.03. The summed E-state index contributed by atoms with van der Waals surface area (Å²) in [6.45, 7) is 4.88. The van der Waals surface area contributed by atoms with Gasteiger partial charge in [0.15, 0.2) is 0 Å². The van der Waals surface area contributed by atoms with Crippen LogP contribution in [-0.4, -0.2) is 88.2 Å². The van der Waals surface area contributed by atoms with Gasteiger partial charge in [-0.1, -0.05) is 49.7 Å². The maximum absolute atomic E-state index is 13.3. The van der Waals surface area contributed by atoms with E-state index in [1.807, 2.05) is 0 Å². The first-order valence-electron chi connectivity index (χ1n) is 14.5. The van der Waals surface area contributed by atoms with E-state index < -0.39 is 66.7 Å². The molecule has 0 bridgehead atoms. The number of ether oxygens (including phenoxy) is 2. The summed E-state index contributed by atoms with van der Waals surface area (Å²) < 4.78 is 10.4. The molecule has 0 fully saturated rings. The summed E-state index contributed by atoms with van der Waals surface area (Å²) in [5.74, 6) is -4.25. The zero-order valence-corrected chi connectivity index (χ0v) is 25.9. The van der Waals surface area contributed by atoms with E-state index in [1.54, 1.807) is 82.4 Å². The Morgan fingerprint density at radius 3 is 2.20 bits per heavy atom. The second kappa shape index (κ2) is 18.0. The van der Waals surface area contributed by atoms with Crippen molar-refractivity contribution in [3.63, 3.8) is 0 Å². The van der Waals surface area contributed by atoms with Gasteiger partial charge in [-0.05, 0) is 44.9 Å². The van der Waals surface area contributed by atoms with Gasteiger partial charge in [-0.2, -0.15) is 0 Å². The zero-order valence-electron chi connectivity index (χ0n) is 25.9. The number of amides is 5. The maximum atomic E-state index is 13.3. The minimum Gasteiger partial charge on any atom is -0.480 e. The molecule has 1 heterocycles. The Labute approximate surface area is 261 Å². The number of nitrogens with one attached hydrogen (secondary N) is 3. The van der Waals surface area contributed by atoms with E-state index in [9.17, 15) is 33.9 Å². The number of carbonyl (C=O) groups excluding carboxylic acids is 5. The minimum absolute atomic E-state index is 0.00350. The minimum atomic E-state index is -1.48. The predicted molar refractivity (Wildman–Crippen MR) is 162 cm³/mol. The third-order valence-corrected chi connectivity index (χ3v) is 6.05.